The van der Waals surface area contributed by atoms with Crippen LogP contribution in [-0.4, -0.2) is 29.4 Å². The predicted octanol–water partition coefficient (Wildman–Crippen LogP) is 4.78. The van der Waals surface area contributed by atoms with E-state index in [0.29, 0.717) is 30.3 Å². The highest BCUT2D eigenvalue weighted by Crippen LogP contribution is 2.30. The van der Waals surface area contributed by atoms with Crippen molar-refractivity contribution in [1.82, 2.24) is 9.78 Å². The normalized spacial score (nSPS) is 10.9. The summed E-state index contributed by atoms with van der Waals surface area (Å²) in [6.45, 7) is 13.5. The third-order valence-corrected chi connectivity index (χ3v) is 4.24. The molecule has 7 heteroatoms. The zero-order chi connectivity index (χ0) is 19.1. The fraction of sp³-hybridized carbons (Fsp3) is 0.474. The molecule has 0 fully saturated rings. The Bertz CT molecular complexity index is 810. The average Bonchev–Trinajstić information content (AvgIpc) is 2.99. The van der Waals surface area contributed by atoms with Crippen LogP contribution >= 0.6 is 0 Å². The molecule has 0 saturated heterocycles. The van der Waals surface area contributed by atoms with Crippen LogP contribution in [0.3, 0.4) is 0 Å². The summed E-state index contributed by atoms with van der Waals surface area (Å²) < 4.78 is 1.69. The zero-order valence-corrected chi connectivity index (χ0v) is 16.2. The SMILES string of the molecule is CCNc1nn(CC)c(/N=N\c2ccc(N(CC)CC)cc2C)c1C#N. The molecule has 0 aliphatic rings. The van der Waals surface area contributed by atoms with Crippen molar-refractivity contribution in [3.63, 3.8) is 0 Å². The summed E-state index contributed by atoms with van der Waals surface area (Å²) in [6.07, 6.45) is 0. The average molecular weight is 353 g/mol. The Morgan fingerprint density at radius 3 is 2.46 bits per heavy atom. The number of hydrogen-bond donors (Lipinski definition) is 1. The molecule has 0 amide bonds. The number of aromatic nitrogens is 2. The highest BCUT2D eigenvalue weighted by molar-refractivity contribution is 5.63. The predicted molar refractivity (Wildman–Crippen MR) is 106 cm³/mol. The molecule has 0 aliphatic heterocycles. The maximum Gasteiger partial charge on any atom is 0.193 e. The molecule has 7 nitrogen and oxygen atoms in total. The number of aryl methyl sites for hydroxylation is 2. The molecular weight excluding hydrogens is 326 g/mol. The summed E-state index contributed by atoms with van der Waals surface area (Å²) in [5.74, 6) is 1.04. The quantitative estimate of drug-likeness (QED) is 0.693. The van der Waals surface area contributed by atoms with E-state index in [1.165, 1.54) is 5.69 Å². The Balaban J connectivity index is 2.37. The van der Waals surface area contributed by atoms with Crippen LogP contribution in [0.4, 0.5) is 23.0 Å². The van der Waals surface area contributed by atoms with Crippen molar-refractivity contribution in [2.45, 2.75) is 41.2 Å². The van der Waals surface area contributed by atoms with Crippen molar-refractivity contribution in [1.29, 1.82) is 5.26 Å². The van der Waals surface area contributed by atoms with Crippen molar-refractivity contribution in [2.75, 3.05) is 29.9 Å². The van der Waals surface area contributed by atoms with E-state index in [4.69, 9.17) is 0 Å². The molecule has 1 aromatic carbocycles. The second-order valence-electron chi connectivity index (χ2n) is 5.85. The number of nitrogens with zero attached hydrogens (tertiary/aromatic N) is 6. The van der Waals surface area contributed by atoms with Gasteiger partial charge in [-0.1, -0.05) is 0 Å². The third kappa shape index (κ3) is 4.02. The van der Waals surface area contributed by atoms with Crippen molar-refractivity contribution < 1.29 is 0 Å². The van der Waals surface area contributed by atoms with Gasteiger partial charge < -0.3 is 10.2 Å². The van der Waals surface area contributed by atoms with Gasteiger partial charge in [0.25, 0.3) is 0 Å². The van der Waals surface area contributed by atoms with Gasteiger partial charge in [-0.25, -0.2) is 4.68 Å². The van der Waals surface area contributed by atoms with Crippen LogP contribution in [0.2, 0.25) is 0 Å². The van der Waals surface area contributed by atoms with E-state index in [1.807, 2.05) is 26.8 Å². The zero-order valence-electron chi connectivity index (χ0n) is 16.2. The maximum absolute atomic E-state index is 9.49. The molecule has 0 spiro atoms. The van der Waals surface area contributed by atoms with Crippen LogP contribution in [0.25, 0.3) is 0 Å². The van der Waals surface area contributed by atoms with Gasteiger partial charge in [0.1, 0.15) is 11.6 Å². The number of nitrogens with one attached hydrogen (secondary N) is 1. The lowest BCUT2D eigenvalue weighted by atomic mass is 10.1. The highest BCUT2D eigenvalue weighted by atomic mass is 15.4. The van der Waals surface area contributed by atoms with Gasteiger partial charge in [0, 0.05) is 31.9 Å². The number of anilines is 2. The lowest BCUT2D eigenvalue weighted by molar-refractivity contribution is 0.662. The van der Waals surface area contributed by atoms with Gasteiger partial charge in [-0.15, -0.1) is 10.2 Å². The molecular formula is C19H27N7. The monoisotopic (exact) mass is 353 g/mol. The topological polar surface area (TPSA) is 81.6 Å². The highest BCUT2D eigenvalue weighted by Gasteiger charge is 2.16. The molecule has 0 unspecified atom stereocenters. The smallest absolute Gasteiger partial charge is 0.193 e. The van der Waals surface area contributed by atoms with E-state index in [9.17, 15) is 5.26 Å². The molecule has 0 aliphatic carbocycles. The molecule has 1 heterocycles. The Kier molecular flexibility index (Phi) is 6.73. The van der Waals surface area contributed by atoms with E-state index in [-0.39, 0.29) is 0 Å². The summed E-state index contributed by atoms with van der Waals surface area (Å²) in [4.78, 5) is 2.29. The van der Waals surface area contributed by atoms with Gasteiger partial charge in [-0.05, 0) is 58.4 Å². The standard InChI is InChI=1S/C19H27N7/c1-6-21-18-16(13-20)19(26(9-4)24-18)23-22-17-11-10-15(12-14(17)5)25(7-2)8-3/h10-12H,6-9H2,1-5H3,(H,21,24)/b23-22-. The van der Waals surface area contributed by atoms with Gasteiger partial charge in [0.15, 0.2) is 11.6 Å². The number of nitriles is 1. The summed E-state index contributed by atoms with van der Waals surface area (Å²) in [7, 11) is 0. The van der Waals surface area contributed by atoms with Crippen LogP contribution < -0.4 is 10.2 Å². The van der Waals surface area contributed by atoms with Crippen LogP contribution in [0.1, 0.15) is 38.8 Å². The van der Waals surface area contributed by atoms with Crippen LogP contribution in [0, 0.1) is 18.3 Å². The van der Waals surface area contributed by atoms with Crippen molar-refractivity contribution >= 4 is 23.0 Å². The third-order valence-electron chi connectivity index (χ3n) is 4.24. The Hall–Kier alpha value is -2.88. The largest absolute Gasteiger partial charge is 0.372 e. The van der Waals surface area contributed by atoms with E-state index in [1.54, 1.807) is 4.68 Å². The Morgan fingerprint density at radius 2 is 1.92 bits per heavy atom. The van der Waals surface area contributed by atoms with E-state index in [0.717, 1.165) is 24.3 Å². The maximum atomic E-state index is 9.49. The summed E-state index contributed by atoms with van der Waals surface area (Å²) in [6, 6.07) is 8.33. The van der Waals surface area contributed by atoms with E-state index in [2.05, 4.69) is 57.6 Å². The number of rotatable bonds is 8. The van der Waals surface area contributed by atoms with Crippen molar-refractivity contribution in [2.24, 2.45) is 10.2 Å². The Morgan fingerprint density at radius 1 is 1.19 bits per heavy atom. The summed E-state index contributed by atoms with van der Waals surface area (Å²) in [5, 5.41) is 25.7. The minimum Gasteiger partial charge on any atom is -0.372 e. The van der Waals surface area contributed by atoms with Gasteiger partial charge in [-0.3, -0.25) is 0 Å². The molecule has 1 N–H and O–H groups in total. The fourth-order valence-corrected chi connectivity index (χ4v) is 2.81. The second-order valence-corrected chi connectivity index (χ2v) is 5.85. The molecule has 0 radical (unpaired) electrons. The molecule has 138 valence electrons. The molecule has 0 atom stereocenters. The van der Waals surface area contributed by atoms with Crippen molar-refractivity contribution in [3.05, 3.63) is 29.3 Å². The molecule has 0 bridgehead atoms. The molecule has 1 aromatic heterocycles. The van der Waals surface area contributed by atoms with Gasteiger partial charge in [0.2, 0.25) is 0 Å². The van der Waals surface area contributed by atoms with Crippen LogP contribution in [-0.2, 0) is 6.54 Å². The first-order chi connectivity index (χ1) is 12.6. The van der Waals surface area contributed by atoms with Gasteiger partial charge >= 0.3 is 0 Å². The Labute approximate surface area is 155 Å². The molecule has 26 heavy (non-hydrogen) atoms. The van der Waals surface area contributed by atoms with E-state index >= 15 is 0 Å². The number of hydrogen-bond acceptors (Lipinski definition) is 6. The first kappa shape index (κ1) is 19.4. The van der Waals surface area contributed by atoms with Crippen LogP contribution in [0.15, 0.2) is 28.4 Å². The van der Waals surface area contributed by atoms with Crippen LogP contribution in [0.5, 0.6) is 0 Å². The van der Waals surface area contributed by atoms with Gasteiger partial charge in [0.05, 0.1) is 5.69 Å². The lowest BCUT2D eigenvalue weighted by Gasteiger charge is -2.21. The molecule has 2 aromatic rings. The minimum absolute atomic E-state index is 0.426. The second kappa shape index (κ2) is 8.99. The fourth-order valence-electron chi connectivity index (χ4n) is 2.81. The molecule has 0 saturated carbocycles. The summed E-state index contributed by atoms with van der Waals surface area (Å²) >= 11 is 0. The van der Waals surface area contributed by atoms with Crippen molar-refractivity contribution in [3.8, 4) is 6.07 Å². The van der Waals surface area contributed by atoms with Gasteiger partial charge in [-0.2, -0.15) is 10.4 Å². The lowest BCUT2D eigenvalue weighted by Crippen LogP contribution is -2.21. The van der Waals surface area contributed by atoms with E-state index < -0.39 is 0 Å². The number of benzene rings is 1. The number of azo groups is 1. The summed E-state index contributed by atoms with van der Waals surface area (Å²) in [5.41, 5.74) is 3.44. The first-order valence-electron chi connectivity index (χ1n) is 9.11. The first-order valence-corrected chi connectivity index (χ1v) is 9.11. The minimum atomic E-state index is 0.426. The molecule has 2 rings (SSSR count).